The molecular weight excluding hydrogens is 466 g/mol. The Hall–Kier alpha value is -2.34. The summed E-state index contributed by atoms with van der Waals surface area (Å²) < 4.78 is 42.8. The average Bonchev–Trinajstić information content (AvgIpc) is 2.86. The van der Waals surface area contributed by atoms with E-state index in [9.17, 15) is 13.2 Å². The van der Waals surface area contributed by atoms with Crippen LogP contribution in [-0.2, 0) is 32.5 Å². The van der Waals surface area contributed by atoms with Crippen LogP contribution in [0.1, 0.15) is 11.1 Å². The second kappa shape index (κ2) is 10.3. The van der Waals surface area contributed by atoms with Crippen molar-refractivity contribution in [1.29, 1.82) is 0 Å². The van der Waals surface area contributed by atoms with Crippen LogP contribution < -0.4 is 9.47 Å². The Morgan fingerprint density at radius 3 is 2.42 bits per heavy atom. The molecule has 4 rings (SSSR count). The predicted octanol–water partition coefficient (Wildman–Crippen LogP) is 1.80. The number of ether oxygens (including phenoxy) is 3. The van der Waals surface area contributed by atoms with E-state index in [4.69, 9.17) is 14.2 Å². The van der Waals surface area contributed by atoms with Crippen LogP contribution in [-0.4, -0.2) is 81.3 Å². The highest BCUT2D eigenvalue weighted by molar-refractivity contribution is 7.99. The topological polar surface area (TPSA) is 98.3 Å². The highest BCUT2D eigenvalue weighted by atomic mass is 32.2. The third-order valence-corrected chi connectivity index (χ3v) is 8.54. The zero-order valence-corrected chi connectivity index (χ0v) is 20.3. The van der Waals surface area contributed by atoms with Gasteiger partial charge >= 0.3 is 0 Å². The van der Waals surface area contributed by atoms with Gasteiger partial charge in [-0.3, -0.25) is 4.79 Å². The van der Waals surface area contributed by atoms with Crippen molar-refractivity contribution >= 4 is 27.7 Å². The molecule has 0 aliphatic carbocycles. The largest absolute Gasteiger partial charge is 0.493 e. The number of sulfonamides is 1. The van der Waals surface area contributed by atoms with Crippen LogP contribution in [0, 0.1) is 0 Å². The number of carbonyl (C=O) groups excluding carboxylic acids is 1. The lowest BCUT2D eigenvalue weighted by Crippen LogP contribution is -2.40. The molecular formula is C22H27N3O6S2. The summed E-state index contributed by atoms with van der Waals surface area (Å²) in [6, 6.07) is 7.09. The van der Waals surface area contributed by atoms with Gasteiger partial charge in [-0.1, -0.05) is 11.8 Å². The van der Waals surface area contributed by atoms with E-state index in [0.717, 1.165) is 17.5 Å². The molecule has 1 amide bonds. The summed E-state index contributed by atoms with van der Waals surface area (Å²) in [4.78, 5) is 19.0. The number of amides is 1. The molecule has 1 saturated heterocycles. The first-order valence-corrected chi connectivity index (χ1v) is 13.0. The van der Waals surface area contributed by atoms with Crippen LogP contribution in [0.5, 0.6) is 11.5 Å². The molecule has 11 heteroatoms. The van der Waals surface area contributed by atoms with E-state index in [2.05, 4.69) is 4.98 Å². The molecule has 0 N–H and O–H groups in total. The summed E-state index contributed by atoms with van der Waals surface area (Å²) in [5.74, 6) is 1.57. The Bertz CT molecular complexity index is 1100. The summed E-state index contributed by atoms with van der Waals surface area (Å²) in [7, 11) is -0.375. The second-order valence-corrected chi connectivity index (χ2v) is 10.6. The third kappa shape index (κ3) is 5.26. The fraction of sp³-hybridized carbons (Fsp3) is 0.455. The number of aromatic nitrogens is 1. The van der Waals surface area contributed by atoms with Gasteiger partial charge in [-0.25, -0.2) is 13.4 Å². The number of thioether (sulfide) groups is 1. The molecule has 3 heterocycles. The van der Waals surface area contributed by atoms with Crippen molar-refractivity contribution in [1.82, 2.24) is 14.2 Å². The summed E-state index contributed by atoms with van der Waals surface area (Å²) in [6.07, 6.45) is 2.10. The zero-order valence-electron chi connectivity index (χ0n) is 18.7. The van der Waals surface area contributed by atoms with E-state index in [0.29, 0.717) is 55.9 Å². The van der Waals surface area contributed by atoms with Crippen molar-refractivity contribution in [3.05, 3.63) is 41.6 Å². The van der Waals surface area contributed by atoms with Gasteiger partial charge in [0, 0.05) is 32.4 Å². The molecule has 2 aliphatic rings. The normalized spacial score (nSPS) is 16.8. The molecule has 2 aliphatic heterocycles. The number of hydrogen-bond acceptors (Lipinski definition) is 8. The fourth-order valence-electron chi connectivity index (χ4n) is 3.86. The zero-order chi connectivity index (χ0) is 23.4. The van der Waals surface area contributed by atoms with Crippen LogP contribution >= 0.6 is 11.8 Å². The number of methoxy groups -OCH3 is 2. The predicted molar refractivity (Wildman–Crippen MR) is 123 cm³/mol. The van der Waals surface area contributed by atoms with Crippen molar-refractivity contribution in [3.63, 3.8) is 0 Å². The number of carbonyl (C=O) groups is 1. The molecule has 0 saturated carbocycles. The van der Waals surface area contributed by atoms with Crippen molar-refractivity contribution < 1.29 is 27.4 Å². The summed E-state index contributed by atoms with van der Waals surface area (Å²) in [5, 5.41) is 0.605. The highest BCUT2D eigenvalue weighted by Gasteiger charge is 2.27. The van der Waals surface area contributed by atoms with E-state index in [-0.39, 0.29) is 16.6 Å². The van der Waals surface area contributed by atoms with E-state index >= 15 is 0 Å². The molecule has 1 aromatic carbocycles. The number of benzene rings is 1. The maximum atomic E-state index is 12.8. The SMILES string of the molecule is COc1cc2c(cc1OC)CN(C(=O)CSc1ccc(S(=O)(=O)N3CCOCC3)cn1)CC2. The van der Waals surface area contributed by atoms with Crippen LogP contribution in [0.2, 0.25) is 0 Å². The molecule has 178 valence electrons. The van der Waals surface area contributed by atoms with Crippen molar-refractivity contribution in [2.45, 2.75) is 22.9 Å². The van der Waals surface area contributed by atoms with E-state index < -0.39 is 10.0 Å². The number of rotatable bonds is 7. The minimum absolute atomic E-state index is 0.00671. The minimum atomic E-state index is -3.58. The maximum Gasteiger partial charge on any atom is 0.244 e. The number of morpholine rings is 1. The quantitative estimate of drug-likeness (QED) is 0.539. The van der Waals surface area contributed by atoms with Gasteiger partial charge < -0.3 is 19.1 Å². The fourth-order valence-corrected chi connectivity index (χ4v) is 5.96. The smallest absolute Gasteiger partial charge is 0.244 e. The molecule has 0 atom stereocenters. The van der Waals surface area contributed by atoms with Crippen LogP contribution in [0.3, 0.4) is 0 Å². The lowest BCUT2D eigenvalue weighted by molar-refractivity contribution is -0.129. The first kappa shape index (κ1) is 23.8. The van der Waals surface area contributed by atoms with Gasteiger partial charge in [0.05, 0.1) is 38.2 Å². The van der Waals surface area contributed by atoms with E-state index in [1.165, 1.54) is 22.3 Å². The third-order valence-electron chi connectivity index (χ3n) is 5.73. The van der Waals surface area contributed by atoms with E-state index in [1.54, 1.807) is 26.4 Å². The number of pyridine rings is 1. The summed E-state index contributed by atoms with van der Waals surface area (Å²) >= 11 is 1.30. The van der Waals surface area contributed by atoms with Gasteiger partial charge in [0.25, 0.3) is 0 Å². The maximum absolute atomic E-state index is 12.8. The molecule has 2 aromatic rings. The standard InChI is InChI=1S/C22H27N3O6S2/c1-29-19-11-16-5-6-24(14-17(16)12-20(19)30-2)22(26)15-32-21-4-3-18(13-23-21)33(27,28)25-7-9-31-10-8-25/h3-4,11-13H,5-10,14-15H2,1-2H3. The van der Waals surface area contributed by atoms with Gasteiger partial charge in [-0.15, -0.1) is 0 Å². The minimum Gasteiger partial charge on any atom is -0.493 e. The number of nitrogens with zero attached hydrogens (tertiary/aromatic N) is 3. The Morgan fingerprint density at radius 1 is 1.09 bits per heavy atom. The molecule has 1 fully saturated rings. The Balaban J connectivity index is 1.35. The molecule has 1 aromatic heterocycles. The lowest BCUT2D eigenvalue weighted by Gasteiger charge is -2.29. The summed E-state index contributed by atoms with van der Waals surface area (Å²) in [5.41, 5.74) is 2.20. The van der Waals surface area contributed by atoms with Crippen LogP contribution in [0.25, 0.3) is 0 Å². The molecule has 0 unspecified atom stereocenters. The Labute approximate surface area is 198 Å². The lowest BCUT2D eigenvalue weighted by atomic mass is 9.99. The van der Waals surface area contributed by atoms with Gasteiger partial charge in [0.1, 0.15) is 4.90 Å². The monoisotopic (exact) mass is 493 g/mol. The van der Waals surface area contributed by atoms with Gasteiger partial charge in [-0.2, -0.15) is 4.31 Å². The first-order valence-electron chi connectivity index (χ1n) is 10.6. The van der Waals surface area contributed by atoms with Gasteiger partial charge in [-0.05, 0) is 41.8 Å². The van der Waals surface area contributed by atoms with Crippen LogP contribution in [0.4, 0.5) is 0 Å². The molecule has 33 heavy (non-hydrogen) atoms. The second-order valence-electron chi connectivity index (χ2n) is 7.68. The van der Waals surface area contributed by atoms with Crippen LogP contribution in [0.15, 0.2) is 40.4 Å². The van der Waals surface area contributed by atoms with Crippen molar-refractivity contribution in [3.8, 4) is 11.5 Å². The molecule has 0 spiro atoms. The van der Waals surface area contributed by atoms with Gasteiger partial charge in [0.15, 0.2) is 11.5 Å². The highest BCUT2D eigenvalue weighted by Crippen LogP contribution is 2.33. The number of hydrogen-bond donors (Lipinski definition) is 0. The first-order chi connectivity index (χ1) is 15.9. The molecule has 0 radical (unpaired) electrons. The van der Waals surface area contributed by atoms with E-state index in [1.807, 2.05) is 17.0 Å². The average molecular weight is 494 g/mol. The Morgan fingerprint density at radius 2 is 1.79 bits per heavy atom. The van der Waals surface area contributed by atoms with Gasteiger partial charge in [0.2, 0.25) is 15.9 Å². The Kier molecular flexibility index (Phi) is 7.42. The number of fused-ring (bicyclic) bond motifs is 1. The molecule has 9 nitrogen and oxygen atoms in total. The summed E-state index contributed by atoms with van der Waals surface area (Å²) in [6.45, 7) is 2.61. The van der Waals surface area contributed by atoms with Crippen molar-refractivity contribution in [2.75, 3.05) is 52.8 Å². The van der Waals surface area contributed by atoms with Crippen molar-refractivity contribution in [2.24, 2.45) is 0 Å². The molecule has 0 bridgehead atoms.